The fraction of sp³-hybridized carbons (Fsp3) is 0.231. The van der Waals surface area contributed by atoms with Crippen molar-refractivity contribution < 1.29 is 4.79 Å². The molecule has 0 saturated heterocycles. The minimum atomic E-state index is -0.0799. The first kappa shape index (κ1) is 12.7. The molecule has 0 unspecified atom stereocenters. The second-order valence-corrected chi connectivity index (χ2v) is 4.86. The maximum Gasteiger partial charge on any atom is 0.251 e. The highest BCUT2D eigenvalue weighted by molar-refractivity contribution is 7.09. The Morgan fingerprint density at radius 1 is 1.44 bits per heavy atom. The second kappa shape index (κ2) is 6.28. The highest BCUT2D eigenvalue weighted by Crippen LogP contribution is 2.08. The van der Waals surface area contributed by atoms with Crippen LogP contribution < -0.4 is 11.1 Å². The van der Waals surface area contributed by atoms with Gasteiger partial charge >= 0.3 is 0 Å². The molecule has 0 aliphatic carbocycles. The first-order chi connectivity index (χ1) is 8.79. The van der Waals surface area contributed by atoms with Crippen LogP contribution in [0.5, 0.6) is 0 Å². The van der Waals surface area contributed by atoms with E-state index in [2.05, 4.69) is 16.4 Å². The maximum absolute atomic E-state index is 11.9. The van der Waals surface area contributed by atoms with Gasteiger partial charge in [0.25, 0.3) is 5.91 Å². The molecule has 4 nitrogen and oxygen atoms in total. The molecule has 0 radical (unpaired) electrons. The van der Waals surface area contributed by atoms with Gasteiger partial charge in [0, 0.05) is 29.7 Å². The molecule has 0 aromatic carbocycles. The number of thiophene rings is 1. The van der Waals surface area contributed by atoms with Gasteiger partial charge in [0.1, 0.15) is 0 Å². The van der Waals surface area contributed by atoms with Crippen LogP contribution in [-0.2, 0) is 13.0 Å². The van der Waals surface area contributed by atoms with Gasteiger partial charge in [0.2, 0.25) is 0 Å². The summed E-state index contributed by atoms with van der Waals surface area (Å²) in [6.45, 7) is 0.982. The lowest BCUT2D eigenvalue weighted by Crippen LogP contribution is -2.25. The Balaban J connectivity index is 1.87. The molecule has 3 N–H and O–H groups in total. The number of nitrogens with zero attached hydrogens (tertiary/aromatic N) is 1. The van der Waals surface area contributed by atoms with E-state index < -0.39 is 0 Å². The molecule has 0 atom stereocenters. The Kier molecular flexibility index (Phi) is 4.44. The average Bonchev–Trinajstić information content (AvgIpc) is 2.92. The number of nitrogens with one attached hydrogen (secondary N) is 1. The molecule has 0 aliphatic heterocycles. The number of carbonyl (C=O) groups is 1. The van der Waals surface area contributed by atoms with Crippen molar-refractivity contribution in [2.45, 2.75) is 13.0 Å². The summed E-state index contributed by atoms with van der Waals surface area (Å²) < 4.78 is 0. The minimum absolute atomic E-state index is 0.0799. The summed E-state index contributed by atoms with van der Waals surface area (Å²) in [5.41, 5.74) is 6.82. The summed E-state index contributed by atoms with van der Waals surface area (Å²) in [4.78, 5) is 17.2. The first-order valence-electron chi connectivity index (χ1n) is 5.75. The van der Waals surface area contributed by atoms with Crippen LogP contribution >= 0.6 is 11.3 Å². The Morgan fingerprint density at radius 2 is 2.33 bits per heavy atom. The van der Waals surface area contributed by atoms with E-state index in [1.807, 2.05) is 11.4 Å². The van der Waals surface area contributed by atoms with E-state index in [-0.39, 0.29) is 5.91 Å². The van der Waals surface area contributed by atoms with Crippen molar-refractivity contribution in [1.29, 1.82) is 0 Å². The van der Waals surface area contributed by atoms with Crippen molar-refractivity contribution in [1.82, 2.24) is 10.3 Å². The predicted molar refractivity (Wildman–Crippen MR) is 72.5 cm³/mol. The molecule has 2 heterocycles. The number of nitrogens with two attached hydrogens (primary N) is 1. The molecule has 18 heavy (non-hydrogen) atoms. The van der Waals surface area contributed by atoms with Crippen molar-refractivity contribution in [3.8, 4) is 0 Å². The molecule has 0 saturated carbocycles. The van der Waals surface area contributed by atoms with Gasteiger partial charge in [0.15, 0.2) is 0 Å². The van der Waals surface area contributed by atoms with Crippen LogP contribution in [0.25, 0.3) is 0 Å². The zero-order valence-corrected chi connectivity index (χ0v) is 10.7. The molecule has 0 spiro atoms. The molecule has 2 aromatic heterocycles. The number of rotatable bonds is 5. The zero-order valence-electron chi connectivity index (χ0n) is 9.93. The van der Waals surface area contributed by atoms with E-state index in [0.29, 0.717) is 18.7 Å². The molecule has 0 aliphatic rings. The average molecular weight is 261 g/mol. The zero-order chi connectivity index (χ0) is 12.8. The lowest BCUT2D eigenvalue weighted by atomic mass is 10.2. The fourth-order valence-corrected chi connectivity index (χ4v) is 2.30. The second-order valence-electron chi connectivity index (χ2n) is 3.83. The van der Waals surface area contributed by atoms with E-state index in [0.717, 1.165) is 12.1 Å². The number of hydrogen-bond donors (Lipinski definition) is 2. The summed E-state index contributed by atoms with van der Waals surface area (Å²) in [6, 6.07) is 7.49. The largest absolute Gasteiger partial charge is 0.352 e. The lowest BCUT2D eigenvalue weighted by molar-refractivity contribution is 0.0954. The summed E-state index contributed by atoms with van der Waals surface area (Å²) in [5.74, 6) is -0.0799. The summed E-state index contributed by atoms with van der Waals surface area (Å²) >= 11 is 1.70. The monoisotopic (exact) mass is 261 g/mol. The van der Waals surface area contributed by atoms with Gasteiger partial charge in [-0.25, -0.2) is 0 Å². The molecule has 2 aromatic rings. The molecule has 2 rings (SSSR count). The normalized spacial score (nSPS) is 10.3. The van der Waals surface area contributed by atoms with Crippen LogP contribution in [0.4, 0.5) is 0 Å². The highest BCUT2D eigenvalue weighted by Gasteiger charge is 2.05. The van der Waals surface area contributed by atoms with Gasteiger partial charge in [0.05, 0.1) is 5.69 Å². The van der Waals surface area contributed by atoms with Gasteiger partial charge in [-0.2, -0.15) is 0 Å². The van der Waals surface area contributed by atoms with Crippen LogP contribution in [0, 0.1) is 0 Å². The van der Waals surface area contributed by atoms with Crippen molar-refractivity contribution in [2.24, 2.45) is 5.73 Å². The van der Waals surface area contributed by atoms with Crippen LogP contribution in [0.15, 0.2) is 35.8 Å². The Labute approximate surface area is 110 Å². The number of aromatic nitrogens is 1. The number of carbonyl (C=O) groups excluding carboxylic acids is 1. The molecule has 0 bridgehead atoms. The Hall–Kier alpha value is -1.72. The molecule has 94 valence electrons. The van der Waals surface area contributed by atoms with Crippen molar-refractivity contribution in [3.05, 3.63) is 52.0 Å². The van der Waals surface area contributed by atoms with E-state index in [1.165, 1.54) is 4.88 Å². The quantitative estimate of drug-likeness (QED) is 0.858. The third-order valence-corrected chi connectivity index (χ3v) is 3.46. The van der Waals surface area contributed by atoms with Gasteiger partial charge in [-0.05, 0) is 30.0 Å². The highest BCUT2D eigenvalue weighted by atomic mass is 32.1. The molecule has 5 heteroatoms. The topological polar surface area (TPSA) is 68.0 Å². The van der Waals surface area contributed by atoms with Gasteiger partial charge in [-0.15, -0.1) is 11.3 Å². The van der Waals surface area contributed by atoms with Crippen LogP contribution in [0.1, 0.15) is 20.9 Å². The predicted octanol–water partition coefficient (Wildman–Crippen LogP) is 1.57. The summed E-state index contributed by atoms with van der Waals surface area (Å²) in [7, 11) is 0. The molecule has 1 amide bonds. The summed E-state index contributed by atoms with van der Waals surface area (Å²) in [5, 5.41) is 4.92. The van der Waals surface area contributed by atoms with E-state index in [9.17, 15) is 4.79 Å². The fourth-order valence-electron chi connectivity index (χ4n) is 1.59. The van der Waals surface area contributed by atoms with Crippen LogP contribution in [0.3, 0.4) is 0 Å². The lowest BCUT2D eigenvalue weighted by Gasteiger charge is -2.05. The molecule has 0 fully saturated rings. The summed E-state index contributed by atoms with van der Waals surface area (Å²) in [6.07, 6.45) is 2.47. The van der Waals surface area contributed by atoms with Crippen molar-refractivity contribution in [2.75, 3.05) is 6.54 Å². The maximum atomic E-state index is 11.9. The van der Waals surface area contributed by atoms with Gasteiger partial charge in [-0.1, -0.05) is 6.07 Å². The van der Waals surface area contributed by atoms with Gasteiger partial charge < -0.3 is 11.1 Å². The third-order valence-electron chi connectivity index (χ3n) is 2.52. The molecular weight excluding hydrogens is 246 g/mol. The van der Waals surface area contributed by atoms with Gasteiger partial charge in [-0.3, -0.25) is 9.78 Å². The third kappa shape index (κ3) is 3.38. The Bertz CT molecular complexity index is 511. The number of pyridine rings is 1. The van der Waals surface area contributed by atoms with E-state index >= 15 is 0 Å². The van der Waals surface area contributed by atoms with E-state index in [4.69, 9.17) is 5.73 Å². The first-order valence-corrected chi connectivity index (χ1v) is 6.63. The van der Waals surface area contributed by atoms with Crippen LogP contribution in [-0.4, -0.2) is 17.4 Å². The number of hydrogen-bond acceptors (Lipinski definition) is 4. The van der Waals surface area contributed by atoms with Crippen LogP contribution in [0.2, 0.25) is 0 Å². The number of amides is 1. The van der Waals surface area contributed by atoms with Crippen molar-refractivity contribution in [3.63, 3.8) is 0 Å². The SMILES string of the molecule is NCc1cc(C(=O)NCCc2cccs2)ccn1. The minimum Gasteiger partial charge on any atom is -0.352 e. The Morgan fingerprint density at radius 3 is 3.06 bits per heavy atom. The smallest absolute Gasteiger partial charge is 0.251 e. The molecular formula is C13H15N3OS. The van der Waals surface area contributed by atoms with Crippen molar-refractivity contribution >= 4 is 17.2 Å². The van der Waals surface area contributed by atoms with E-state index in [1.54, 1.807) is 29.7 Å². The standard InChI is InChI=1S/C13H15N3OS/c14-9-11-8-10(3-5-15-11)13(17)16-6-4-12-2-1-7-18-12/h1-3,5,7-8H,4,6,9,14H2,(H,16,17).